The summed E-state index contributed by atoms with van der Waals surface area (Å²) in [4.78, 5) is 18.6. The maximum absolute atomic E-state index is 13.2. The number of aromatic nitrogens is 2. The first-order valence-corrected chi connectivity index (χ1v) is 9.41. The van der Waals surface area contributed by atoms with E-state index in [1.54, 1.807) is 11.0 Å². The minimum atomic E-state index is -0.399. The fraction of sp³-hybridized carbons (Fsp3) is 0.286. The molecule has 1 aliphatic rings. The van der Waals surface area contributed by atoms with Crippen LogP contribution in [0.2, 0.25) is 5.02 Å². The molecule has 1 aromatic heterocycles. The van der Waals surface area contributed by atoms with E-state index in [2.05, 4.69) is 16.2 Å². The highest BCUT2D eigenvalue weighted by molar-refractivity contribution is 6.31. The number of aryl methyl sites for hydroxylation is 2. The molecule has 3 aromatic rings. The van der Waals surface area contributed by atoms with Crippen molar-refractivity contribution in [3.8, 4) is 11.4 Å². The summed E-state index contributed by atoms with van der Waals surface area (Å²) >= 11 is 6.09. The van der Waals surface area contributed by atoms with E-state index in [4.69, 9.17) is 16.1 Å². The highest BCUT2D eigenvalue weighted by atomic mass is 35.5. The number of amides is 1. The van der Waals surface area contributed by atoms with Gasteiger partial charge < -0.3 is 9.42 Å². The second kappa shape index (κ2) is 7.36. The molecular formula is C21H19ClFN3O2. The molecule has 2 aromatic carbocycles. The number of hydrogen-bond acceptors (Lipinski definition) is 4. The summed E-state index contributed by atoms with van der Waals surface area (Å²) in [5.74, 6) is 0.399. The standard InChI is InChI=1S/C21H19ClFN3O2/c1-12-3-6-17(13(2)7-12)20-24-21(28-25-20)15-8-19(27)26(11-15)10-14-4-5-16(23)9-18(14)22/h3-7,9,15H,8,10-11H2,1-2H3. The first-order chi connectivity index (χ1) is 13.4. The van der Waals surface area contributed by atoms with Gasteiger partial charge in [0.05, 0.1) is 5.92 Å². The molecule has 0 N–H and O–H groups in total. The van der Waals surface area contributed by atoms with E-state index in [0.29, 0.717) is 41.8 Å². The van der Waals surface area contributed by atoms with E-state index < -0.39 is 5.82 Å². The molecule has 1 fully saturated rings. The minimum absolute atomic E-state index is 0.0170. The van der Waals surface area contributed by atoms with Gasteiger partial charge in [-0.15, -0.1) is 0 Å². The average Bonchev–Trinajstić information content (AvgIpc) is 3.25. The van der Waals surface area contributed by atoms with Crippen LogP contribution in [-0.4, -0.2) is 27.5 Å². The summed E-state index contributed by atoms with van der Waals surface area (Å²) in [7, 11) is 0. The van der Waals surface area contributed by atoms with E-state index in [0.717, 1.165) is 11.1 Å². The van der Waals surface area contributed by atoms with Crippen LogP contribution in [0.5, 0.6) is 0 Å². The van der Waals surface area contributed by atoms with Gasteiger partial charge in [0.25, 0.3) is 0 Å². The number of rotatable bonds is 4. The maximum Gasteiger partial charge on any atom is 0.232 e. The Balaban J connectivity index is 1.50. The van der Waals surface area contributed by atoms with E-state index >= 15 is 0 Å². The van der Waals surface area contributed by atoms with Crippen molar-refractivity contribution in [2.75, 3.05) is 6.54 Å². The van der Waals surface area contributed by atoms with Gasteiger partial charge in [0, 0.05) is 30.1 Å². The van der Waals surface area contributed by atoms with E-state index in [1.807, 2.05) is 26.0 Å². The van der Waals surface area contributed by atoms with E-state index in [9.17, 15) is 9.18 Å². The molecule has 1 aliphatic heterocycles. The molecule has 0 bridgehead atoms. The molecule has 28 heavy (non-hydrogen) atoms. The van der Waals surface area contributed by atoms with Crippen molar-refractivity contribution in [2.45, 2.75) is 32.7 Å². The third-order valence-electron chi connectivity index (χ3n) is 5.00. The minimum Gasteiger partial charge on any atom is -0.339 e. The highest BCUT2D eigenvalue weighted by Crippen LogP contribution is 2.31. The van der Waals surface area contributed by atoms with Crippen LogP contribution < -0.4 is 0 Å². The molecule has 2 heterocycles. The molecule has 1 amide bonds. The van der Waals surface area contributed by atoms with Crippen LogP contribution in [0.15, 0.2) is 40.9 Å². The highest BCUT2D eigenvalue weighted by Gasteiger charge is 2.34. The Morgan fingerprint density at radius 2 is 2.07 bits per heavy atom. The monoisotopic (exact) mass is 399 g/mol. The second-order valence-corrected chi connectivity index (χ2v) is 7.59. The first-order valence-electron chi connectivity index (χ1n) is 9.03. The molecule has 4 rings (SSSR count). The lowest BCUT2D eigenvalue weighted by Gasteiger charge is -2.17. The fourth-order valence-corrected chi connectivity index (χ4v) is 3.75. The summed E-state index contributed by atoms with van der Waals surface area (Å²) in [5.41, 5.74) is 3.86. The fourth-order valence-electron chi connectivity index (χ4n) is 3.52. The summed E-state index contributed by atoms with van der Waals surface area (Å²) in [5, 5.41) is 4.41. The lowest BCUT2D eigenvalue weighted by Crippen LogP contribution is -2.24. The molecule has 0 spiro atoms. The zero-order valence-electron chi connectivity index (χ0n) is 15.6. The van der Waals surface area contributed by atoms with Gasteiger partial charge in [0.1, 0.15) is 5.82 Å². The number of benzene rings is 2. The zero-order chi connectivity index (χ0) is 19.8. The average molecular weight is 400 g/mol. The summed E-state index contributed by atoms with van der Waals surface area (Å²) in [6.07, 6.45) is 0.299. The Kier molecular flexibility index (Phi) is 4.89. The number of halogens is 2. The van der Waals surface area contributed by atoms with Crippen molar-refractivity contribution in [1.82, 2.24) is 15.0 Å². The molecular weight excluding hydrogens is 381 g/mol. The topological polar surface area (TPSA) is 59.2 Å². The number of carbonyl (C=O) groups excluding carboxylic acids is 1. The molecule has 5 nitrogen and oxygen atoms in total. The number of likely N-dealkylation sites (tertiary alicyclic amines) is 1. The van der Waals surface area contributed by atoms with Crippen molar-refractivity contribution < 1.29 is 13.7 Å². The summed E-state index contributed by atoms with van der Waals surface area (Å²) in [6, 6.07) is 10.2. The van der Waals surface area contributed by atoms with Gasteiger partial charge in [-0.1, -0.05) is 46.6 Å². The van der Waals surface area contributed by atoms with Gasteiger partial charge in [-0.2, -0.15) is 4.98 Å². The molecule has 0 aliphatic carbocycles. The van der Waals surface area contributed by atoms with Gasteiger partial charge in [0.2, 0.25) is 17.6 Å². The van der Waals surface area contributed by atoms with Crippen LogP contribution in [0.25, 0.3) is 11.4 Å². The lowest BCUT2D eigenvalue weighted by atomic mass is 10.1. The molecule has 0 saturated carbocycles. The van der Waals surface area contributed by atoms with Crippen LogP contribution in [0, 0.1) is 19.7 Å². The molecule has 1 saturated heterocycles. The third-order valence-corrected chi connectivity index (χ3v) is 5.36. The quantitative estimate of drug-likeness (QED) is 0.640. The van der Waals surface area contributed by atoms with Crippen LogP contribution >= 0.6 is 11.6 Å². The smallest absolute Gasteiger partial charge is 0.232 e. The molecule has 7 heteroatoms. The zero-order valence-corrected chi connectivity index (χ0v) is 16.3. The lowest BCUT2D eigenvalue weighted by molar-refractivity contribution is -0.128. The Labute approximate surface area is 167 Å². The van der Waals surface area contributed by atoms with Gasteiger partial charge >= 0.3 is 0 Å². The third kappa shape index (κ3) is 3.64. The van der Waals surface area contributed by atoms with Gasteiger partial charge in [-0.3, -0.25) is 4.79 Å². The van der Waals surface area contributed by atoms with Crippen LogP contribution in [0.3, 0.4) is 0 Å². The van der Waals surface area contributed by atoms with Crippen molar-refractivity contribution in [3.63, 3.8) is 0 Å². The first kappa shape index (κ1) is 18.6. The van der Waals surface area contributed by atoms with Crippen molar-refractivity contribution >= 4 is 17.5 Å². The van der Waals surface area contributed by atoms with Crippen LogP contribution in [0.1, 0.15) is 34.9 Å². The summed E-state index contributed by atoms with van der Waals surface area (Å²) < 4.78 is 18.7. The molecule has 0 radical (unpaired) electrons. The molecule has 1 unspecified atom stereocenters. The van der Waals surface area contributed by atoms with E-state index in [1.165, 1.54) is 17.7 Å². The number of nitrogens with zero attached hydrogens (tertiary/aromatic N) is 3. The Bertz CT molecular complexity index is 1050. The maximum atomic E-state index is 13.2. The van der Waals surface area contributed by atoms with Crippen LogP contribution in [0.4, 0.5) is 4.39 Å². The van der Waals surface area contributed by atoms with Gasteiger partial charge in [-0.05, 0) is 37.1 Å². The van der Waals surface area contributed by atoms with Gasteiger partial charge in [-0.25, -0.2) is 4.39 Å². The normalized spacial score (nSPS) is 16.8. The largest absolute Gasteiger partial charge is 0.339 e. The van der Waals surface area contributed by atoms with Gasteiger partial charge in [0.15, 0.2) is 0 Å². The predicted octanol–water partition coefficient (Wildman–Crippen LogP) is 4.66. The summed E-state index contributed by atoms with van der Waals surface area (Å²) in [6.45, 7) is 4.82. The van der Waals surface area contributed by atoms with Crippen molar-refractivity contribution in [3.05, 3.63) is 69.8 Å². The van der Waals surface area contributed by atoms with Crippen molar-refractivity contribution in [2.24, 2.45) is 0 Å². The van der Waals surface area contributed by atoms with Crippen LogP contribution in [-0.2, 0) is 11.3 Å². The molecule has 1 atom stereocenters. The SMILES string of the molecule is Cc1ccc(-c2noc(C3CC(=O)N(Cc4ccc(F)cc4Cl)C3)n2)c(C)c1. The van der Waals surface area contributed by atoms with Crippen molar-refractivity contribution in [1.29, 1.82) is 0 Å². The Morgan fingerprint density at radius 3 is 2.82 bits per heavy atom. The number of carbonyl (C=O) groups is 1. The number of hydrogen-bond donors (Lipinski definition) is 0. The van der Waals surface area contributed by atoms with E-state index in [-0.39, 0.29) is 11.8 Å². The Morgan fingerprint density at radius 1 is 1.25 bits per heavy atom. The Hall–Kier alpha value is -2.73. The second-order valence-electron chi connectivity index (χ2n) is 7.19. The molecule has 144 valence electrons. The predicted molar refractivity (Wildman–Crippen MR) is 103 cm³/mol.